The molecule has 20 heavy (non-hydrogen) atoms. The summed E-state index contributed by atoms with van der Waals surface area (Å²) in [6, 6.07) is 0. The fraction of sp³-hybridized carbons (Fsp3) is 0.733. The van der Waals surface area contributed by atoms with Gasteiger partial charge in [0.1, 0.15) is 4.88 Å². The Bertz CT molecular complexity index is 453. The third-order valence-corrected chi connectivity index (χ3v) is 4.32. The predicted octanol–water partition coefficient (Wildman–Crippen LogP) is 2.79. The van der Waals surface area contributed by atoms with Crippen LogP contribution in [0.25, 0.3) is 0 Å². The van der Waals surface area contributed by atoms with Crippen molar-refractivity contribution < 1.29 is 9.90 Å². The standard InChI is InChI=1S/C15H26N2O2S/c1-10(2)8-12-17-11(3)13(20-12)14(19)16-9-15(4,5)6-7-18/h10,18H,6-9H2,1-5H3,(H,16,19). The summed E-state index contributed by atoms with van der Waals surface area (Å²) in [6.45, 7) is 10.9. The van der Waals surface area contributed by atoms with Crippen molar-refractivity contribution in [2.75, 3.05) is 13.2 Å². The topological polar surface area (TPSA) is 62.2 Å². The number of aromatic nitrogens is 1. The van der Waals surface area contributed by atoms with Crippen molar-refractivity contribution >= 4 is 17.2 Å². The van der Waals surface area contributed by atoms with Crippen LogP contribution in [0.1, 0.15) is 54.5 Å². The smallest absolute Gasteiger partial charge is 0.263 e. The van der Waals surface area contributed by atoms with Crippen LogP contribution in [0.3, 0.4) is 0 Å². The number of amides is 1. The molecule has 114 valence electrons. The summed E-state index contributed by atoms with van der Waals surface area (Å²) in [7, 11) is 0. The number of nitrogens with zero attached hydrogens (tertiary/aromatic N) is 1. The maximum atomic E-state index is 12.2. The monoisotopic (exact) mass is 298 g/mol. The van der Waals surface area contributed by atoms with Gasteiger partial charge in [-0.15, -0.1) is 11.3 Å². The highest BCUT2D eigenvalue weighted by molar-refractivity contribution is 7.13. The Kier molecular flexibility index (Phi) is 6.14. The van der Waals surface area contributed by atoms with E-state index >= 15 is 0 Å². The Hall–Kier alpha value is -0.940. The first-order valence-electron chi connectivity index (χ1n) is 7.10. The summed E-state index contributed by atoms with van der Waals surface area (Å²) in [5, 5.41) is 13.0. The highest BCUT2D eigenvalue weighted by Crippen LogP contribution is 2.22. The normalized spacial score (nSPS) is 11.9. The number of aliphatic hydroxyl groups excluding tert-OH is 1. The second kappa shape index (κ2) is 7.18. The van der Waals surface area contributed by atoms with Crippen LogP contribution in [-0.2, 0) is 6.42 Å². The second-order valence-corrected chi connectivity index (χ2v) is 7.52. The highest BCUT2D eigenvalue weighted by atomic mass is 32.1. The molecule has 0 spiro atoms. The molecule has 2 N–H and O–H groups in total. The zero-order valence-electron chi connectivity index (χ0n) is 13.1. The number of hydrogen-bond donors (Lipinski definition) is 2. The van der Waals surface area contributed by atoms with E-state index in [1.54, 1.807) is 0 Å². The van der Waals surface area contributed by atoms with Crippen molar-refractivity contribution in [1.82, 2.24) is 10.3 Å². The molecule has 0 atom stereocenters. The molecule has 1 amide bonds. The quantitative estimate of drug-likeness (QED) is 0.813. The summed E-state index contributed by atoms with van der Waals surface area (Å²) in [6.07, 6.45) is 1.59. The maximum Gasteiger partial charge on any atom is 0.263 e. The summed E-state index contributed by atoms with van der Waals surface area (Å²) >= 11 is 1.49. The van der Waals surface area contributed by atoms with Crippen LogP contribution in [0.5, 0.6) is 0 Å². The van der Waals surface area contributed by atoms with E-state index in [4.69, 9.17) is 5.11 Å². The third kappa shape index (κ3) is 5.21. The molecule has 1 heterocycles. The molecule has 0 aliphatic heterocycles. The van der Waals surface area contributed by atoms with Crippen LogP contribution in [0.2, 0.25) is 0 Å². The Labute approximate surface area is 125 Å². The van der Waals surface area contributed by atoms with E-state index in [0.29, 0.717) is 23.8 Å². The Morgan fingerprint density at radius 2 is 2.10 bits per heavy atom. The number of thiazole rings is 1. The molecule has 0 aliphatic rings. The molecular formula is C15H26N2O2S. The van der Waals surface area contributed by atoms with Gasteiger partial charge in [-0.05, 0) is 24.7 Å². The second-order valence-electron chi connectivity index (χ2n) is 6.44. The molecule has 1 aromatic heterocycles. The van der Waals surface area contributed by atoms with Gasteiger partial charge in [-0.25, -0.2) is 4.98 Å². The van der Waals surface area contributed by atoms with Crippen LogP contribution in [-0.4, -0.2) is 29.1 Å². The van der Waals surface area contributed by atoms with E-state index in [1.807, 2.05) is 20.8 Å². The molecule has 5 heteroatoms. The zero-order chi connectivity index (χ0) is 15.3. The summed E-state index contributed by atoms with van der Waals surface area (Å²) in [4.78, 5) is 17.4. The van der Waals surface area contributed by atoms with E-state index in [1.165, 1.54) is 11.3 Å². The van der Waals surface area contributed by atoms with Gasteiger partial charge >= 0.3 is 0 Å². The number of aliphatic hydroxyl groups is 1. The largest absolute Gasteiger partial charge is 0.396 e. The van der Waals surface area contributed by atoms with Gasteiger partial charge in [-0.3, -0.25) is 4.79 Å². The third-order valence-electron chi connectivity index (χ3n) is 3.15. The molecule has 1 rings (SSSR count). The molecule has 0 saturated heterocycles. The van der Waals surface area contributed by atoms with Gasteiger partial charge in [0.15, 0.2) is 0 Å². The van der Waals surface area contributed by atoms with E-state index in [9.17, 15) is 4.79 Å². The van der Waals surface area contributed by atoms with Crippen LogP contribution in [0.4, 0.5) is 0 Å². The molecule has 0 aromatic carbocycles. The van der Waals surface area contributed by atoms with Crippen LogP contribution < -0.4 is 5.32 Å². The van der Waals surface area contributed by atoms with Crippen molar-refractivity contribution in [3.05, 3.63) is 15.6 Å². The van der Waals surface area contributed by atoms with Crippen molar-refractivity contribution in [2.24, 2.45) is 11.3 Å². The number of carbonyl (C=O) groups excluding carboxylic acids is 1. The Balaban J connectivity index is 2.66. The summed E-state index contributed by atoms with van der Waals surface area (Å²) in [5.74, 6) is 0.487. The minimum absolute atomic E-state index is 0.0546. The van der Waals surface area contributed by atoms with Crippen molar-refractivity contribution in [3.8, 4) is 0 Å². The number of carbonyl (C=O) groups is 1. The van der Waals surface area contributed by atoms with Crippen molar-refractivity contribution in [3.63, 3.8) is 0 Å². The Morgan fingerprint density at radius 1 is 1.45 bits per heavy atom. The van der Waals surface area contributed by atoms with Gasteiger partial charge in [-0.1, -0.05) is 27.7 Å². The number of hydrogen-bond acceptors (Lipinski definition) is 4. The number of nitrogens with one attached hydrogen (secondary N) is 1. The van der Waals surface area contributed by atoms with E-state index < -0.39 is 0 Å². The van der Waals surface area contributed by atoms with Crippen LogP contribution >= 0.6 is 11.3 Å². The summed E-state index contributed by atoms with van der Waals surface area (Å²) < 4.78 is 0. The van der Waals surface area contributed by atoms with Crippen molar-refractivity contribution in [2.45, 2.75) is 47.5 Å². The zero-order valence-corrected chi connectivity index (χ0v) is 13.9. The molecule has 0 radical (unpaired) electrons. The van der Waals surface area contributed by atoms with Gasteiger partial charge in [0.25, 0.3) is 5.91 Å². The average molecular weight is 298 g/mol. The SMILES string of the molecule is Cc1nc(CC(C)C)sc1C(=O)NCC(C)(C)CCO. The molecule has 0 bridgehead atoms. The first kappa shape index (κ1) is 17.1. The van der Waals surface area contributed by atoms with Gasteiger partial charge in [-0.2, -0.15) is 0 Å². The minimum atomic E-state index is -0.0935. The van der Waals surface area contributed by atoms with Gasteiger partial charge < -0.3 is 10.4 Å². The molecule has 0 unspecified atom stereocenters. The molecule has 1 aromatic rings. The fourth-order valence-electron chi connectivity index (χ4n) is 1.89. The molecule has 4 nitrogen and oxygen atoms in total. The van der Waals surface area contributed by atoms with Crippen LogP contribution in [0.15, 0.2) is 0 Å². The lowest BCUT2D eigenvalue weighted by molar-refractivity contribution is 0.0931. The molecule has 0 fully saturated rings. The first-order valence-corrected chi connectivity index (χ1v) is 7.92. The maximum absolute atomic E-state index is 12.2. The lowest BCUT2D eigenvalue weighted by Crippen LogP contribution is -2.34. The van der Waals surface area contributed by atoms with Gasteiger partial charge in [0, 0.05) is 19.6 Å². The minimum Gasteiger partial charge on any atom is -0.396 e. The van der Waals surface area contributed by atoms with Gasteiger partial charge in [0.2, 0.25) is 0 Å². The fourth-order valence-corrected chi connectivity index (χ4v) is 3.08. The lowest BCUT2D eigenvalue weighted by atomic mass is 9.90. The molecule has 0 aliphatic carbocycles. The van der Waals surface area contributed by atoms with Gasteiger partial charge in [0.05, 0.1) is 10.7 Å². The van der Waals surface area contributed by atoms with E-state index in [2.05, 4.69) is 24.1 Å². The van der Waals surface area contributed by atoms with E-state index in [-0.39, 0.29) is 17.9 Å². The Morgan fingerprint density at radius 3 is 2.65 bits per heavy atom. The van der Waals surface area contributed by atoms with E-state index in [0.717, 1.165) is 17.1 Å². The first-order chi connectivity index (χ1) is 9.25. The molecule has 0 saturated carbocycles. The molecular weight excluding hydrogens is 272 g/mol. The number of rotatable bonds is 7. The summed E-state index contributed by atoms with van der Waals surface area (Å²) in [5.41, 5.74) is 0.715. The van der Waals surface area contributed by atoms with Crippen molar-refractivity contribution in [1.29, 1.82) is 0 Å². The average Bonchev–Trinajstić information content (AvgIpc) is 2.66. The van der Waals surface area contributed by atoms with Crippen LogP contribution in [0, 0.1) is 18.3 Å². The lowest BCUT2D eigenvalue weighted by Gasteiger charge is -2.23. The highest BCUT2D eigenvalue weighted by Gasteiger charge is 2.21. The number of aryl methyl sites for hydroxylation is 1. The predicted molar refractivity (Wildman–Crippen MR) is 83.2 cm³/mol.